The van der Waals surface area contributed by atoms with Crippen LogP contribution in [0.5, 0.6) is 0 Å². The number of nitrogens with one attached hydrogen (secondary N) is 1. The van der Waals surface area contributed by atoms with Crippen LogP contribution in [0.4, 0.5) is 0 Å². The summed E-state index contributed by atoms with van der Waals surface area (Å²) in [5, 5.41) is 11.2. The standard InChI is InChI=1S/C9H10BrN3O4S/c10-1-4-2-18-8-9(11,12-3-14)7(17)13(8)5(4)6(15)16/h3,8H,1-2,11H2,(H,12,14)(H,15,16)/t8-,9-/m1/s1. The SMILES string of the molecule is N[C@@]1(NC=O)C(=O)N2C(C(=O)O)=C(CBr)CS[C@@H]21. The van der Waals surface area contributed by atoms with Crippen LogP contribution in [-0.4, -0.2) is 50.4 Å². The molecule has 1 saturated heterocycles. The maximum absolute atomic E-state index is 11.9. The normalized spacial score (nSPS) is 30.7. The summed E-state index contributed by atoms with van der Waals surface area (Å²) >= 11 is 4.52. The topological polar surface area (TPSA) is 113 Å². The van der Waals surface area contributed by atoms with E-state index >= 15 is 0 Å². The second-order valence-corrected chi connectivity index (χ2v) is 5.49. The smallest absolute Gasteiger partial charge is 0.352 e. The number of thioether (sulfide) groups is 1. The Morgan fingerprint density at radius 2 is 2.44 bits per heavy atom. The molecule has 2 heterocycles. The third kappa shape index (κ3) is 1.65. The van der Waals surface area contributed by atoms with Crippen LogP contribution in [0.25, 0.3) is 0 Å². The summed E-state index contributed by atoms with van der Waals surface area (Å²) in [6, 6.07) is 0. The first-order valence-electron chi connectivity index (χ1n) is 4.94. The van der Waals surface area contributed by atoms with Gasteiger partial charge in [-0.2, -0.15) is 0 Å². The number of alkyl halides is 1. The van der Waals surface area contributed by atoms with Gasteiger partial charge >= 0.3 is 5.97 Å². The number of halogens is 1. The van der Waals surface area contributed by atoms with E-state index in [0.717, 1.165) is 4.90 Å². The number of carbonyl (C=O) groups is 3. The zero-order chi connectivity index (χ0) is 13.5. The lowest BCUT2D eigenvalue weighted by atomic mass is 9.97. The van der Waals surface area contributed by atoms with Gasteiger partial charge in [0.25, 0.3) is 5.91 Å². The predicted octanol–water partition coefficient (Wildman–Crippen LogP) is -0.964. The highest BCUT2D eigenvalue weighted by atomic mass is 79.9. The molecule has 0 spiro atoms. The molecule has 98 valence electrons. The molecule has 2 amide bonds. The number of nitrogens with two attached hydrogens (primary N) is 1. The van der Waals surface area contributed by atoms with Gasteiger partial charge in [0, 0.05) is 11.1 Å². The monoisotopic (exact) mass is 335 g/mol. The van der Waals surface area contributed by atoms with E-state index in [4.69, 9.17) is 10.8 Å². The van der Waals surface area contributed by atoms with Gasteiger partial charge in [-0.25, -0.2) is 4.79 Å². The number of nitrogens with zero attached hydrogens (tertiary/aromatic N) is 1. The van der Waals surface area contributed by atoms with Gasteiger partial charge in [-0.1, -0.05) is 15.9 Å². The Morgan fingerprint density at radius 3 is 2.94 bits per heavy atom. The Labute approximate surface area is 115 Å². The molecule has 4 N–H and O–H groups in total. The van der Waals surface area contributed by atoms with Gasteiger partial charge in [0.1, 0.15) is 11.1 Å². The largest absolute Gasteiger partial charge is 0.477 e. The van der Waals surface area contributed by atoms with E-state index in [1.807, 2.05) is 0 Å². The van der Waals surface area contributed by atoms with Crippen LogP contribution >= 0.6 is 27.7 Å². The van der Waals surface area contributed by atoms with Crippen LogP contribution in [0.2, 0.25) is 0 Å². The molecule has 0 unspecified atom stereocenters. The minimum absolute atomic E-state index is 0.0469. The molecule has 0 saturated carbocycles. The van der Waals surface area contributed by atoms with E-state index in [0.29, 0.717) is 23.1 Å². The summed E-state index contributed by atoms with van der Waals surface area (Å²) in [5.74, 6) is -1.33. The third-order valence-corrected chi connectivity index (χ3v) is 4.94. The number of β-lactam (4-membered cyclic amide) rings is 1. The average molecular weight is 336 g/mol. The molecule has 18 heavy (non-hydrogen) atoms. The zero-order valence-electron chi connectivity index (χ0n) is 9.05. The highest BCUT2D eigenvalue weighted by molar-refractivity contribution is 9.09. The van der Waals surface area contributed by atoms with Gasteiger partial charge in [-0.3, -0.25) is 20.2 Å². The maximum atomic E-state index is 11.9. The fourth-order valence-electron chi connectivity index (χ4n) is 1.98. The molecule has 2 aliphatic heterocycles. The molecule has 0 bridgehead atoms. The molecule has 2 aliphatic rings. The number of hydrogen-bond acceptors (Lipinski definition) is 5. The number of carboxylic acids is 1. The van der Waals surface area contributed by atoms with Crippen LogP contribution in [0, 0.1) is 0 Å². The molecular formula is C9H10BrN3O4S. The first-order chi connectivity index (χ1) is 8.47. The molecule has 0 aromatic heterocycles. The second-order valence-electron chi connectivity index (χ2n) is 3.86. The van der Waals surface area contributed by atoms with Gasteiger partial charge in [0.05, 0.1) is 0 Å². The highest BCUT2D eigenvalue weighted by Crippen LogP contribution is 2.43. The first-order valence-corrected chi connectivity index (χ1v) is 7.11. The van der Waals surface area contributed by atoms with E-state index in [-0.39, 0.29) is 5.70 Å². The third-order valence-electron chi connectivity index (χ3n) is 2.85. The van der Waals surface area contributed by atoms with E-state index in [1.54, 1.807) is 0 Å². The Morgan fingerprint density at radius 1 is 1.78 bits per heavy atom. The van der Waals surface area contributed by atoms with Crippen molar-refractivity contribution in [1.29, 1.82) is 0 Å². The van der Waals surface area contributed by atoms with Crippen LogP contribution in [0.3, 0.4) is 0 Å². The number of fused-ring (bicyclic) bond motifs is 1. The van der Waals surface area contributed by atoms with Gasteiger partial charge in [-0.05, 0) is 5.57 Å². The van der Waals surface area contributed by atoms with Crippen molar-refractivity contribution in [3.8, 4) is 0 Å². The van der Waals surface area contributed by atoms with Crippen LogP contribution < -0.4 is 11.1 Å². The van der Waals surface area contributed by atoms with Crippen molar-refractivity contribution in [1.82, 2.24) is 10.2 Å². The van der Waals surface area contributed by atoms with Crippen molar-refractivity contribution in [2.24, 2.45) is 5.73 Å². The lowest BCUT2D eigenvalue weighted by Gasteiger charge is -2.54. The summed E-state index contributed by atoms with van der Waals surface area (Å²) in [6.45, 7) is 0. The minimum atomic E-state index is -1.51. The fourth-order valence-corrected chi connectivity index (χ4v) is 4.08. The number of carboxylic acid groups (broad SMARTS) is 1. The van der Waals surface area contributed by atoms with Crippen molar-refractivity contribution < 1.29 is 19.5 Å². The van der Waals surface area contributed by atoms with E-state index in [2.05, 4.69) is 21.2 Å². The van der Waals surface area contributed by atoms with Gasteiger partial charge in [0.15, 0.2) is 0 Å². The Bertz CT molecular complexity index is 469. The molecule has 2 atom stereocenters. The second kappa shape index (κ2) is 4.56. The van der Waals surface area contributed by atoms with E-state index < -0.39 is 22.9 Å². The van der Waals surface area contributed by atoms with Gasteiger partial charge in [0.2, 0.25) is 12.1 Å². The highest BCUT2D eigenvalue weighted by Gasteiger charge is 2.62. The zero-order valence-corrected chi connectivity index (χ0v) is 11.5. The molecule has 7 nitrogen and oxygen atoms in total. The maximum Gasteiger partial charge on any atom is 0.352 e. The summed E-state index contributed by atoms with van der Waals surface area (Å²) in [4.78, 5) is 34.7. The van der Waals surface area contributed by atoms with E-state index in [9.17, 15) is 14.4 Å². The van der Waals surface area contributed by atoms with Crippen molar-refractivity contribution in [2.45, 2.75) is 11.0 Å². The molecule has 0 aromatic carbocycles. The summed E-state index contributed by atoms with van der Waals surface area (Å²) < 4.78 is 0. The molecular weight excluding hydrogens is 326 g/mol. The number of amides is 2. The van der Waals surface area contributed by atoms with Crippen molar-refractivity contribution in [3.05, 3.63) is 11.3 Å². The quantitative estimate of drug-likeness (QED) is 0.264. The number of carbonyl (C=O) groups excluding carboxylic acids is 2. The minimum Gasteiger partial charge on any atom is -0.477 e. The van der Waals surface area contributed by atoms with Crippen LogP contribution in [0.1, 0.15) is 0 Å². The Balaban J connectivity index is 2.38. The van der Waals surface area contributed by atoms with Gasteiger partial charge in [-0.15, -0.1) is 11.8 Å². The van der Waals surface area contributed by atoms with Crippen molar-refractivity contribution in [2.75, 3.05) is 11.1 Å². The molecule has 9 heteroatoms. The average Bonchev–Trinajstić information content (AvgIpc) is 2.36. The number of aliphatic carboxylic acids is 1. The first kappa shape index (κ1) is 13.4. The number of rotatable bonds is 4. The van der Waals surface area contributed by atoms with Crippen molar-refractivity contribution >= 4 is 46.0 Å². The fraction of sp³-hybridized carbons (Fsp3) is 0.444. The predicted molar refractivity (Wildman–Crippen MR) is 67.7 cm³/mol. The lowest BCUT2D eigenvalue weighted by molar-refractivity contribution is -0.157. The Kier molecular flexibility index (Phi) is 3.39. The summed E-state index contributed by atoms with van der Waals surface area (Å²) in [5.41, 5.74) is 4.84. The summed E-state index contributed by atoms with van der Waals surface area (Å²) in [6.07, 6.45) is 0.347. The summed E-state index contributed by atoms with van der Waals surface area (Å²) in [7, 11) is 0. The van der Waals surface area contributed by atoms with E-state index in [1.165, 1.54) is 11.8 Å². The Hall–Kier alpha value is -1.06. The van der Waals surface area contributed by atoms with Crippen LogP contribution in [0.15, 0.2) is 11.3 Å². The lowest BCUT2D eigenvalue weighted by Crippen LogP contribution is -2.83. The molecule has 0 aliphatic carbocycles. The molecule has 1 fully saturated rings. The van der Waals surface area contributed by atoms with Gasteiger partial charge < -0.3 is 10.4 Å². The van der Waals surface area contributed by atoms with Crippen LogP contribution in [-0.2, 0) is 14.4 Å². The molecule has 0 radical (unpaired) electrons. The molecule has 2 rings (SSSR count). The number of hydrogen-bond donors (Lipinski definition) is 3. The molecule has 0 aromatic rings. The van der Waals surface area contributed by atoms with Crippen molar-refractivity contribution in [3.63, 3.8) is 0 Å².